The first-order chi connectivity index (χ1) is 9.81. The summed E-state index contributed by atoms with van der Waals surface area (Å²) in [5.74, 6) is -1.95. The number of aryl methyl sites for hydroxylation is 2. The van der Waals surface area contributed by atoms with E-state index in [1.165, 1.54) is 29.5 Å². The number of halogens is 1. The number of aromatic carboxylic acids is 1. The molecule has 1 amide bonds. The first kappa shape index (κ1) is 15.2. The van der Waals surface area contributed by atoms with Crippen LogP contribution in [-0.4, -0.2) is 17.0 Å². The minimum atomic E-state index is -1.08. The molecule has 0 unspecified atom stereocenters. The van der Waals surface area contributed by atoms with Crippen molar-refractivity contribution in [2.75, 3.05) is 5.32 Å². The fourth-order valence-electron chi connectivity index (χ4n) is 2.02. The van der Waals surface area contributed by atoms with Crippen LogP contribution in [0.15, 0.2) is 18.2 Å². The quantitative estimate of drug-likeness (QED) is 0.907. The van der Waals surface area contributed by atoms with E-state index in [9.17, 15) is 19.1 Å². The predicted molar refractivity (Wildman–Crippen MR) is 79.8 cm³/mol. The number of carboxylic acids is 1. The third kappa shape index (κ3) is 2.95. The minimum absolute atomic E-state index is 0.102. The number of nitrogens with one attached hydrogen (secondary N) is 1. The number of amides is 1. The zero-order valence-electron chi connectivity index (χ0n) is 11.8. The molecule has 1 heterocycles. The van der Waals surface area contributed by atoms with E-state index in [0.717, 1.165) is 4.88 Å². The van der Waals surface area contributed by atoms with Crippen molar-refractivity contribution in [2.45, 2.75) is 20.8 Å². The van der Waals surface area contributed by atoms with E-state index >= 15 is 0 Å². The Bertz CT molecular complexity index is 737. The normalized spacial score (nSPS) is 10.5. The number of thiophene rings is 1. The summed E-state index contributed by atoms with van der Waals surface area (Å²) in [7, 11) is 0. The molecule has 0 radical (unpaired) electrons. The van der Waals surface area contributed by atoms with Gasteiger partial charge in [0.05, 0.1) is 5.56 Å². The van der Waals surface area contributed by atoms with Gasteiger partial charge in [-0.25, -0.2) is 9.18 Å². The van der Waals surface area contributed by atoms with Crippen molar-refractivity contribution < 1.29 is 19.1 Å². The van der Waals surface area contributed by atoms with Crippen LogP contribution in [0.25, 0.3) is 0 Å². The van der Waals surface area contributed by atoms with Crippen molar-refractivity contribution in [3.8, 4) is 0 Å². The van der Waals surface area contributed by atoms with Crippen molar-refractivity contribution in [3.63, 3.8) is 0 Å². The van der Waals surface area contributed by atoms with Crippen molar-refractivity contribution in [1.82, 2.24) is 0 Å². The van der Waals surface area contributed by atoms with Gasteiger partial charge in [0.1, 0.15) is 10.8 Å². The number of carbonyl (C=O) groups excluding carboxylic acids is 1. The first-order valence-electron chi connectivity index (χ1n) is 6.22. The summed E-state index contributed by atoms with van der Waals surface area (Å²) in [6.45, 7) is 5.13. The molecule has 2 aromatic rings. The molecule has 0 atom stereocenters. The van der Waals surface area contributed by atoms with E-state index < -0.39 is 17.7 Å². The third-order valence-electron chi connectivity index (χ3n) is 3.26. The summed E-state index contributed by atoms with van der Waals surface area (Å²) in [6, 6.07) is 3.84. The van der Waals surface area contributed by atoms with Crippen LogP contribution >= 0.6 is 11.3 Å². The molecule has 4 nitrogen and oxygen atoms in total. The van der Waals surface area contributed by atoms with Crippen LogP contribution < -0.4 is 5.32 Å². The number of rotatable bonds is 3. The van der Waals surface area contributed by atoms with Gasteiger partial charge in [-0.2, -0.15) is 0 Å². The van der Waals surface area contributed by atoms with E-state index in [4.69, 9.17) is 0 Å². The van der Waals surface area contributed by atoms with Crippen molar-refractivity contribution >= 4 is 28.2 Å². The Kier molecular flexibility index (Phi) is 4.09. The number of carboxylic acid groups (broad SMARTS) is 1. The van der Waals surface area contributed by atoms with Gasteiger partial charge < -0.3 is 10.4 Å². The molecule has 2 N–H and O–H groups in total. The summed E-state index contributed by atoms with van der Waals surface area (Å²) in [6.07, 6.45) is 0. The van der Waals surface area contributed by atoms with E-state index in [2.05, 4.69) is 5.32 Å². The fraction of sp³-hybridized carbons (Fsp3) is 0.200. The monoisotopic (exact) mass is 307 g/mol. The zero-order chi connectivity index (χ0) is 15.7. The molecule has 6 heteroatoms. The standard InChI is InChI=1S/C15H14FNO3S/c1-7-6-10(16)4-5-11(7)13(18)17-14-12(15(19)20)8(2)9(3)21-14/h4-6H,1-3H3,(H,17,18)(H,19,20). The summed E-state index contributed by atoms with van der Waals surface area (Å²) in [5, 5.41) is 12.1. The average Bonchev–Trinajstić information content (AvgIpc) is 2.64. The molecule has 0 saturated carbocycles. The van der Waals surface area contributed by atoms with Crippen molar-refractivity contribution in [3.05, 3.63) is 51.1 Å². The first-order valence-corrected chi connectivity index (χ1v) is 7.03. The molecular formula is C15H14FNO3S. The summed E-state index contributed by atoms with van der Waals surface area (Å²) in [5.41, 5.74) is 1.55. The predicted octanol–water partition coefficient (Wildman–Crippen LogP) is 3.76. The van der Waals surface area contributed by atoms with E-state index in [1.807, 2.05) is 0 Å². The molecule has 0 saturated heterocycles. The maximum atomic E-state index is 13.1. The Morgan fingerprint density at radius 2 is 1.90 bits per heavy atom. The smallest absolute Gasteiger partial charge is 0.338 e. The number of carbonyl (C=O) groups is 2. The molecule has 0 aliphatic carbocycles. The average molecular weight is 307 g/mol. The summed E-state index contributed by atoms with van der Waals surface area (Å²) in [4.78, 5) is 24.3. The second-order valence-corrected chi connectivity index (χ2v) is 5.93. The maximum absolute atomic E-state index is 13.1. The van der Waals surface area contributed by atoms with Gasteiger partial charge in [0.2, 0.25) is 0 Å². The molecule has 0 aliphatic heterocycles. The Morgan fingerprint density at radius 3 is 2.48 bits per heavy atom. The van der Waals surface area contributed by atoms with Gasteiger partial charge in [-0.05, 0) is 50.1 Å². The highest BCUT2D eigenvalue weighted by Crippen LogP contribution is 2.32. The Hall–Kier alpha value is -2.21. The fourth-order valence-corrected chi connectivity index (χ4v) is 3.07. The Labute approximate surface area is 125 Å². The molecular weight excluding hydrogens is 293 g/mol. The number of hydrogen-bond donors (Lipinski definition) is 2. The van der Waals surface area contributed by atoms with Crippen LogP contribution in [0.4, 0.5) is 9.39 Å². The van der Waals surface area contributed by atoms with E-state index in [0.29, 0.717) is 21.7 Å². The molecule has 1 aromatic carbocycles. The van der Waals surface area contributed by atoms with Crippen LogP contribution in [0.5, 0.6) is 0 Å². The lowest BCUT2D eigenvalue weighted by Gasteiger charge is -2.07. The number of anilines is 1. The highest BCUT2D eigenvalue weighted by molar-refractivity contribution is 7.16. The zero-order valence-corrected chi connectivity index (χ0v) is 12.6. The van der Waals surface area contributed by atoms with Gasteiger partial charge in [-0.3, -0.25) is 4.79 Å². The summed E-state index contributed by atoms with van der Waals surface area (Å²) >= 11 is 1.21. The Balaban J connectivity index is 2.36. The molecule has 21 heavy (non-hydrogen) atoms. The lowest BCUT2D eigenvalue weighted by atomic mass is 10.1. The topological polar surface area (TPSA) is 66.4 Å². The van der Waals surface area contributed by atoms with E-state index in [-0.39, 0.29) is 5.56 Å². The largest absolute Gasteiger partial charge is 0.478 e. The van der Waals surface area contributed by atoms with Crippen molar-refractivity contribution in [2.24, 2.45) is 0 Å². The second kappa shape index (κ2) is 5.65. The molecule has 2 rings (SSSR count). The molecule has 0 aliphatic rings. The lowest BCUT2D eigenvalue weighted by Crippen LogP contribution is -2.15. The maximum Gasteiger partial charge on any atom is 0.338 e. The highest BCUT2D eigenvalue weighted by atomic mass is 32.1. The summed E-state index contributed by atoms with van der Waals surface area (Å²) < 4.78 is 13.1. The van der Waals surface area contributed by atoms with Crippen LogP contribution in [0, 0.1) is 26.6 Å². The number of hydrogen-bond acceptors (Lipinski definition) is 3. The lowest BCUT2D eigenvalue weighted by molar-refractivity contribution is 0.0697. The van der Waals surface area contributed by atoms with Gasteiger partial charge in [-0.15, -0.1) is 11.3 Å². The highest BCUT2D eigenvalue weighted by Gasteiger charge is 2.21. The van der Waals surface area contributed by atoms with Crippen LogP contribution in [-0.2, 0) is 0 Å². The van der Waals surface area contributed by atoms with Gasteiger partial charge in [0, 0.05) is 10.4 Å². The minimum Gasteiger partial charge on any atom is -0.478 e. The van der Waals surface area contributed by atoms with Crippen molar-refractivity contribution in [1.29, 1.82) is 0 Å². The van der Waals surface area contributed by atoms with Gasteiger partial charge in [0.15, 0.2) is 0 Å². The molecule has 0 bridgehead atoms. The Morgan fingerprint density at radius 1 is 1.24 bits per heavy atom. The number of benzene rings is 1. The van der Waals surface area contributed by atoms with Crippen LogP contribution in [0.1, 0.15) is 36.7 Å². The molecule has 110 valence electrons. The van der Waals surface area contributed by atoms with Gasteiger partial charge in [-0.1, -0.05) is 0 Å². The third-order valence-corrected chi connectivity index (χ3v) is 4.38. The SMILES string of the molecule is Cc1cc(F)ccc1C(=O)Nc1sc(C)c(C)c1C(=O)O. The van der Waals surface area contributed by atoms with Crippen LogP contribution in [0.3, 0.4) is 0 Å². The van der Waals surface area contributed by atoms with Gasteiger partial charge in [0.25, 0.3) is 5.91 Å². The van der Waals surface area contributed by atoms with Gasteiger partial charge >= 0.3 is 5.97 Å². The molecule has 1 aromatic heterocycles. The molecule has 0 spiro atoms. The molecule has 0 fully saturated rings. The van der Waals surface area contributed by atoms with Crippen LogP contribution in [0.2, 0.25) is 0 Å². The van der Waals surface area contributed by atoms with E-state index in [1.54, 1.807) is 20.8 Å². The second-order valence-electron chi connectivity index (χ2n) is 4.71.